The smallest absolute Gasteiger partial charge is 0.462 e. The molecule has 0 aromatic carbocycles. The number of carbonyl (C=O) groups excluding carboxylic acids is 2. The minimum Gasteiger partial charge on any atom is -0.462 e. The Kier molecular flexibility index (Phi) is 34.7. The van der Waals surface area contributed by atoms with Gasteiger partial charge in [0.2, 0.25) is 0 Å². The zero-order chi connectivity index (χ0) is 35.4. The molecule has 48 heavy (non-hydrogen) atoms. The molecule has 284 valence electrons. The van der Waals surface area contributed by atoms with Gasteiger partial charge in [0.05, 0.1) is 6.61 Å². The van der Waals surface area contributed by atoms with E-state index in [1.807, 2.05) is 0 Å². The van der Waals surface area contributed by atoms with Crippen LogP contribution in [-0.4, -0.2) is 41.0 Å². The van der Waals surface area contributed by atoms with E-state index in [1.165, 1.54) is 122 Å². The van der Waals surface area contributed by atoms with E-state index in [4.69, 9.17) is 19.3 Å². The average molecular weight is 703 g/mol. The van der Waals surface area contributed by atoms with Crippen molar-refractivity contribution in [1.82, 2.24) is 0 Å². The van der Waals surface area contributed by atoms with Gasteiger partial charge in [-0.3, -0.25) is 14.1 Å². The lowest BCUT2D eigenvalue weighted by Crippen LogP contribution is -2.29. The summed E-state index contributed by atoms with van der Waals surface area (Å²) in [7, 11) is -4.75. The summed E-state index contributed by atoms with van der Waals surface area (Å²) in [5.41, 5.74) is 0. The topological polar surface area (TPSA) is 119 Å². The van der Waals surface area contributed by atoms with Gasteiger partial charge in [-0.2, -0.15) is 0 Å². The molecule has 0 saturated heterocycles. The number of phosphoric acid groups is 1. The lowest BCUT2D eigenvalue weighted by Gasteiger charge is -2.18. The molecule has 0 radical (unpaired) electrons. The molecule has 0 aliphatic carbocycles. The maximum atomic E-state index is 12.4. The monoisotopic (exact) mass is 703 g/mol. The predicted octanol–water partition coefficient (Wildman–Crippen LogP) is 11.8. The maximum Gasteiger partial charge on any atom is 0.469 e. The number of hydrogen-bond acceptors (Lipinski definition) is 6. The van der Waals surface area contributed by atoms with Gasteiger partial charge in [-0.05, 0) is 38.5 Å². The minimum atomic E-state index is -4.75. The Labute approximate surface area is 295 Å². The molecule has 9 heteroatoms. The summed E-state index contributed by atoms with van der Waals surface area (Å²) in [6.45, 7) is 3.68. The van der Waals surface area contributed by atoms with Crippen molar-refractivity contribution in [2.24, 2.45) is 0 Å². The summed E-state index contributed by atoms with van der Waals surface area (Å²) in [6.07, 6.45) is 37.9. The first-order valence-electron chi connectivity index (χ1n) is 20.0. The van der Waals surface area contributed by atoms with Gasteiger partial charge in [0, 0.05) is 12.8 Å². The number of phosphoric ester groups is 1. The Balaban J connectivity index is 3.92. The molecule has 0 amide bonds. The van der Waals surface area contributed by atoms with E-state index in [2.05, 4.69) is 30.5 Å². The standard InChI is InChI=1S/C39H75O8P/c1-3-5-7-9-11-13-15-17-18-19-20-22-24-26-28-30-32-34-39(41)47-37(36-46-48(42,43)44)35-45-38(40)33-31-29-27-25-23-21-16-14-12-10-8-6-4-2/h21,23,37H,3-20,22,24-36H2,1-2H3,(H2,42,43,44)/b23-21+/t37-/m1/s1. The zero-order valence-electron chi connectivity index (χ0n) is 31.2. The van der Waals surface area contributed by atoms with Crippen LogP contribution in [0.5, 0.6) is 0 Å². The molecule has 0 aromatic heterocycles. The number of unbranched alkanes of at least 4 members (excludes halogenated alkanes) is 25. The third-order valence-corrected chi connectivity index (χ3v) is 9.27. The molecule has 0 bridgehead atoms. The van der Waals surface area contributed by atoms with Gasteiger partial charge >= 0.3 is 19.8 Å². The lowest BCUT2D eigenvalue weighted by atomic mass is 10.0. The Morgan fingerprint density at radius 2 is 0.875 bits per heavy atom. The average Bonchev–Trinajstić information content (AvgIpc) is 3.05. The Hall–Kier alpha value is -1.21. The van der Waals surface area contributed by atoms with Crippen LogP contribution in [0.1, 0.15) is 206 Å². The first kappa shape index (κ1) is 46.8. The van der Waals surface area contributed by atoms with Crippen LogP contribution in [-0.2, 0) is 28.2 Å². The highest BCUT2D eigenvalue weighted by Crippen LogP contribution is 2.36. The Bertz CT molecular complexity index is 797. The van der Waals surface area contributed by atoms with Crippen molar-refractivity contribution in [3.63, 3.8) is 0 Å². The van der Waals surface area contributed by atoms with Crippen molar-refractivity contribution >= 4 is 19.8 Å². The van der Waals surface area contributed by atoms with Gasteiger partial charge in [0.1, 0.15) is 6.61 Å². The molecule has 2 N–H and O–H groups in total. The second-order valence-corrected chi connectivity index (χ2v) is 14.9. The van der Waals surface area contributed by atoms with E-state index >= 15 is 0 Å². The van der Waals surface area contributed by atoms with E-state index in [0.717, 1.165) is 44.9 Å². The van der Waals surface area contributed by atoms with E-state index in [1.54, 1.807) is 0 Å². The summed E-state index contributed by atoms with van der Waals surface area (Å²) in [4.78, 5) is 42.7. The van der Waals surface area contributed by atoms with Crippen molar-refractivity contribution in [3.8, 4) is 0 Å². The van der Waals surface area contributed by atoms with Crippen molar-refractivity contribution in [2.45, 2.75) is 213 Å². The molecule has 0 spiro atoms. The fraction of sp³-hybridized carbons (Fsp3) is 0.897. The predicted molar refractivity (Wildman–Crippen MR) is 198 cm³/mol. The molecule has 0 aliphatic rings. The Morgan fingerprint density at radius 1 is 0.521 bits per heavy atom. The summed E-state index contributed by atoms with van der Waals surface area (Å²) in [5.74, 6) is -0.894. The van der Waals surface area contributed by atoms with Crippen molar-refractivity contribution in [1.29, 1.82) is 0 Å². The number of esters is 2. The van der Waals surface area contributed by atoms with Crippen LogP contribution in [0.4, 0.5) is 0 Å². The summed E-state index contributed by atoms with van der Waals surface area (Å²) < 4.78 is 26.3. The molecule has 0 saturated carbocycles. The van der Waals surface area contributed by atoms with Crippen LogP contribution >= 0.6 is 7.82 Å². The number of allylic oxidation sites excluding steroid dienone is 2. The van der Waals surface area contributed by atoms with E-state index in [0.29, 0.717) is 12.8 Å². The molecular weight excluding hydrogens is 627 g/mol. The fourth-order valence-corrected chi connectivity index (χ4v) is 6.14. The van der Waals surface area contributed by atoms with Gasteiger partial charge in [0.25, 0.3) is 0 Å². The molecule has 8 nitrogen and oxygen atoms in total. The van der Waals surface area contributed by atoms with Gasteiger partial charge in [-0.1, -0.05) is 167 Å². The second-order valence-electron chi connectivity index (χ2n) is 13.6. The van der Waals surface area contributed by atoms with Crippen LogP contribution in [0.15, 0.2) is 12.2 Å². The SMILES string of the molecule is CCCCCCCC/C=C/CCCCCC(=O)OC[C@H](COP(=O)(O)O)OC(=O)CCCCCCCCCCCCCCCCCCC. The van der Waals surface area contributed by atoms with Crippen molar-refractivity contribution in [2.75, 3.05) is 13.2 Å². The minimum absolute atomic E-state index is 0.215. The molecule has 0 aromatic rings. The largest absolute Gasteiger partial charge is 0.469 e. The number of rotatable bonds is 37. The first-order valence-corrected chi connectivity index (χ1v) is 21.5. The van der Waals surface area contributed by atoms with Gasteiger partial charge in [-0.15, -0.1) is 0 Å². The molecule has 0 fully saturated rings. The Morgan fingerprint density at radius 3 is 1.29 bits per heavy atom. The number of ether oxygens (including phenoxy) is 2. The highest BCUT2D eigenvalue weighted by atomic mass is 31.2. The fourth-order valence-electron chi connectivity index (χ4n) is 5.78. The molecule has 0 rings (SSSR count). The summed E-state index contributed by atoms with van der Waals surface area (Å²) in [5, 5.41) is 0. The highest BCUT2D eigenvalue weighted by Gasteiger charge is 2.22. The first-order chi connectivity index (χ1) is 23.3. The molecule has 0 unspecified atom stereocenters. The van der Waals surface area contributed by atoms with Crippen molar-refractivity contribution < 1.29 is 37.9 Å². The molecule has 0 heterocycles. The van der Waals surface area contributed by atoms with Crippen LogP contribution < -0.4 is 0 Å². The lowest BCUT2D eigenvalue weighted by molar-refractivity contribution is -0.161. The van der Waals surface area contributed by atoms with Crippen LogP contribution in [0.3, 0.4) is 0 Å². The van der Waals surface area contributed by atoms with Crippen LogP contribution in [0, 0.1) is 0 Å². The van der Waals surface area contributed by atoms with Gasteiger partial charge < -0.3 is 19.3 Å². The molecule has 0 aliphatic heterocycles. The van der Waals surface area contributed by atoms with Gasteiger partial charge in [0.15, 0.2) is 6.10 Å². The third kappa shape index (κ3) is 37.6. The van der Waals surface area contributed by atoms with Crippen LogP contribution in [0.25, 0.3) is 0 Å². The molecular formula is C39H75O8P. The summed E-state index contributed by atoms with van der Waals surface area (Å²) in [6, 6.07) is 0. The third-order valence-electron chi connectivity index (χ3n) is 8.78. The molecule has 1 atom stereocenters. The number of carbonyl (C=O) groups is 2. The summed E-state index contributed by atoms with van der Waals surface area (Å²) >= 11 is 0. The van der Waals surface area contributed by atoms with Gasteiger partial charge in [-0.25, -0.2) is 4.57 Å². The number of hydrogen-bond donors (Lipinski definition) is 2. The maximum absolute atomic E-state index is 12.4. The second kappa shape index (κ2) is 35.6. The van der Waals surface area contributed by atoms with E-state index in [9.17, 15) is 14.2 Å². The highest BCUT2D eigenvalue weighted by molar-refractivity contribution is 7.46. The van der Waals surface area contributed by atoms with Crippen molar-refractivity contribution in [3.05, 3.63) is 12.2 Å². The van der Waals surface area contributed by atoms with E-state index in [-0.39, 0.29) is 19.4 Å². The normalized spacial score (nSPS) is 12.5. The zero-order valence-corrected chi connectivity index (χ0v) is 32.0. The quantitative estimate of drug-likeness (QED) is 0.0284. The van der Waals surface area contributed by atoms with Crippen LogP contribution in [0.2, 0.25) is 0 Å². The van der Waals surface area contributed by atoms with E-state index < -0.39 is 32.5 Å².